The zero-order chi connectivity index (χ0) is 13.9. The van der Waals surface area contributed by atoms with Gasteiger partial charge in [0.15, 0.2) is 0 Å². The van der Waals surface area contributed by atoms with E-state index in [1.807, 2.05) is 18.2 Å². The van der Waals surface area contributed by atoms with Gasteiger partial charge in [-0.3, -0.25) is 0 Å². The Morgan fingerprint density at radius 2 is 2.10 bits per heavy atom. The van der Waals surface area contributed by atoms with Gasteiger partial charge in [-0.1, -0.05) is 48.9 Å². The highest BCUT2D eigenvalue weighted by molar-refractivity contribution is 6.29. The Morgan fingerprint density at radius 3 is 2.85 bits per heavy atom. The fourth-order valence-corrected chi connectivity index (χ4v) is 2.35. The van der Waals surface area contributed by atoms with Crippen LogP contribution in [0.25, 0.3) is 5.78 Å². The van der Waals surface area contributed by atoms with Crippen LogP contribution in [0.5, 0.6) is 0 Å². The summed E-state index contributed by atoms with van der Waals surface area (Å²) in [6.07, 6.45) is 2.41. The molecule has 0 aliphatic heterocycles. The molecule has 20 heavy (non-hydrogen) atoms. The van der Waals surface area contributed by atoms with Crippen molar-refractivity contribution >= 4 is 23.2 Å². The quantitative estimate of drug-likeness (QED) is 0.748. The van der Waals surface area contributed by atoms with Crippen molar-refractivity contribution in [1.82, 2.24) is 19.6 Å². The zero-order valence-electron chi connectivity index (χ0n) is 11.0. The second-order valence-electron chi connectivity index (χ2n) is 4.45. The van der Waals surface area contributed by atoms with Gasteiger partial charge in [0.05, 0.1) is 6.04 Å². The molecule has 0 spiro atoms. The summed E-state index contributed by atoms with van der Waals surface area (Å²) in [5.41, 5.74) is 1.22. The summed E-state index contributed by atoms with van der Waals surface area (Å²) < 4.78 is 1.65. The van der Waals surface area contributed by atoms with E-state index in [4.69, 9.17) is 11.6 Å². The summed E-state index contributed by atoms with van der Waals surface area (Å²) in [6, 6.07) is 12.2. The van der Waals surface area contributed by atoms with Crippen LogP contribution < -0.4 is 5.32 Å². The van der Waals surface area contributed by atoms with Crippen molar-refractivity contribution in [3.63, 3.8) is 0 Å². The molecule has 1 N–H and O–H groups in total. The van der Waals surface area contributed by atoms with Gasteiger partial charge in [0.25, 0.3) is 5.78 Å². The van der Waals surface area contributed by atoms with E-state index in [1.165, 1.54) is 11.9 Å². The molecule has 2 heterocycles. The number of nitrogens with zero attached hydrogens (tertiary/aromatic N) is 4. The lowest BCUT2D eigenvalue weighted by molar-refractivity contribution is 0.735. The van der Waals surface area contributed by atoms with Crippen molar-refractivity contribution in [2.45, 2.75) is 19.4 Å². The largest absolute Gasteiger partial charge is 0.363 e. The van der Waals surface area contributed by atoms with Crippen LogP contribution in [0.15, 0.2) is 42.7 Å². The number of nitrogens with one attached hydrogen (secondary N) is 1. The first-order chi connectivity index (χ1) is 9.78. The third kappa shape index (κ3) is 2.44. The Hall–Kier alpha value is -2.14. The van der Waals surface area contributed by atoms with E-state index in [0.29, 0.717) is 10.9 Å². The summed E-state index contributed by atoms with van der Waals surface area (Å²) in [6.45, 7) is 2.13. The molecule has 102 valence electrons. The summed E-state index contributed by atoms with van der Waals surface area (Å²) in [5.74, 6) is 1.27. The lowest BCUT2D eigenvalue weighted by Crippen LogP contribution is -2.13. The number of halogens is 1. The normalized spacial score (nSPS) is 12.5. The lowest BCUT2D eigenvalue weighted by atomic mass is 10.0. The Morgan fingerprint density at radius 1 is 1.30 bits per heavy atom. The first kappa shape index (κ1) is 12.9. The monoisotopic (exact) mass is 287 g/mol. The van der Waals surface area contributed by atoms with E-state index >= 15 is 0 Å². The Kier molecular flexibility index (Phi) is 3.52. The highest BCUT2D eigenvalue weighted by atomic mass is 35.5. The van der Waals surface area contributed by atoms with Gasteiger partial charge in [0, 0.05) is 6.07 Å². The average Bonchev–Trinajstić information content (AvgIpc) is 2.93. The molecule has 0 saturated heterocycles. The first-order valence-corrected chi connectivity index (χ1v) is 6.83. The highest BCUT2D eigenvalue weighted by Crippen LogP contribution is 2.23. The summed E-state index contributed by atoms with van der Waals surface area (Å²) in [5, 5.41) is 8.01. The van der Waals surface area contributed by atoms with Crippen LogP contribution in [0.3, 0.4) is 0 Å². The molecule has 0 bridgehead atoms. The van der Waals surface area contributed by atoms with Crippen LogP contribution in [0.4, 0.5) is 5.82 Å². The van der Waals surface area contributed by atoms with Crippen molar-refractivity contribution in [2.24, 2.45) is 0 Å². The number of hydrogen-bond donors (Lipinski definition) is 1. The number of aromatic nitrogens is 4. The molecule has 6 heteroatoms. The first-order valence-electron chi connectivity index (χ1n) is 6.45. The molecule has 0 amide bonds. The third-order valence-electron chi connectivity index (χ3n) is 3.15. The molecule has 0 saturated carbocycles. The van der Waals surface area contributed by atoms with Gasteiger partial charge < -0.3 is 5.32 Å². The number of hydrogen-bond acceptors (Lipinski definition) is 4. The smallest absolute Gasteiger partial charge is 0.255 e. The molecule has 0 fully saturated rings. The van der Waals surface area contributed by atoms with Crippen molar-refractivity contribution in [1.29, 1.82) is 0 Å². The minimum atomic E-state index is 0.182. The molecular formula is C14H14ClN5. The van der Waals surface area contributed by atoms with Crippen LogP contribution in [-0.4, -0.2) is 19.6 Å². The average molecular weight is 288 g/mol. The third-order valence-corrected chi connectivity index (χ3v) is 3.35. The maximum absolute atomic E-state index is 6.02. The molecule has 2 aromatic heterocycles. The summed E-state index contributed by atoms with van der Waals surface area (Å²) >= 11 is 6.02. The van der Waals surface area contributed by atoms with E-state index < -0.39 is 0 Å². The number of anilines is 1. The van der Waals surface area contributed by atoms with Gasteiger partial charge in [-0.15, -0.1) is 0 Å². The van der Waals surface area contributed by atoms with Crippen LogP contribution in [0.2, 0.25) is 5.15 Å². The van der Waals surface area contributed by atoms with Gasteiger partial charge in [-0.25, -0.2) is 0 Å². The van der Waals surface area contributed by atoms with Crippen molar-refractivity contribution in [3.8, 4) is 0 Å². The minimum absolute atomic E-state index is 0.182. The van der Waals surface area contributed by atoms with Crippen LogP contribution in [0.1, 0.15) is 24.9 Å². The Bertz CT molecular complexity index is 710. The van der Waals surface area contributed by atoms with Crippen LogP contribution in [0, 0.1) is 0 Å². The number of fused-ring (bicyclic) bond motifs is 1. The zero-order valence-corrected chi connectivity index (χ0v) is 11.7. The SMILES string of the molecule is CCC(Nc1cc(Cl)nc2ncnn12)c1ccccc1. The maximum Gasteiger partial charge on any atom is 0.255 e. The highest BCUT2D eigenvalue weighted by Gasteiger charge is 2.12. The van der Waals surface area contributed by atoms with Crippen molar-refractivity contribution < 1.29 is 0 Å². The van der Waals surface area contributed by atoms with E-state index in [-0.39, 0.29) is 6.04 Å². The molecule has 0 aliphatic rings. The molecule has 0 aliphatic carbocycles. The molecule has 1 atom stereocenters. The molecule has 3 aromatic rings. The van der Waals surface area contributed by atoms with Gasteiger partial charge >= 0.3 is 0 Å². The molecule has 1 aromatic carbocycles. The topological polar surface area (TPSA) is 55.1 Å². The summed E-state index contributed by atoms with van der Waals surface area (Å²) in [7, 11) is 0. The minimum Gasteiger partial charge on any atom is -0.363 e. The van der Waals surface area contributed by atoms with Gasteiger partial charge in [0.2, 0.25) is 0 Å². The molecular weight excluding hydrogens is 274 g/mol. The van der Waals surface area contributed by atoms with E-state index in [2.05, 4.69) is 39.4 Å². The predicted octanol–water partition coefficient (Wildman–Crippen LogP) is 3.34. The second-order valence-corrected chi connectivity index (χ2v) is 4.84. The van der Waals surface area contributed by atoms with E-state index in [1.54, 1.807) is 10.6 Å². The van der Waals surface area contributed by atoms with Crippen LogP contribution >= 0.6 is 11.6 Å². The van der Waals surface area contributed by atoms with Crippen molar-refractivity contribution in [2.75, 3.05) is 5.32 Å². The fourth-order valence-electron chi connectivity index (χ4n) is 2.17. The van der Waals surface area contributed by atoms with E-state index in [9.17, 15) is 0 Å². The predicted molar refractivity (Wildman–Crippen MR) is 78.9 cm³/mol. The molecule has 5 nitrogen and oxygen atoms in total. The van der Waals surface area contributed by atoms with Gasteiger partial charge in [-0.2, -0.15) is 19.6 Å². The van der Waals surface area contributed by atoms with E-state index in [0.717, 1.165) is 12.2 Å². The second kappa shape index (κ2) is 5.46. The fraction of sp³-hybridized carbons (Fsp3) is 0.214. The molecule has 0 radical (unpaired) electrons. The van der Waals surface area contributed by atoms with Crippen LogP contribution in [-0.2, 0) is 0 Å². The van der Waals surface area contributed by atoms with Crippen molar-refractivity contribution in [3.05, 3.63) is 53.4 Å². The number of benzene rings is 1. The Balaban J connectivity index is 1.97. The maximum atomic E-state index is 6.02. The van der Waals surface area contributed by atoms with Gasteiger partial charge in [-0.05, 0) is 12.0 Å². The lowest BCUT2D eigenvalue weighted by Gasteiger charge is -2.19. The standard InChI is InChI=1S/C14H14ClN5/c1-2-11(10-6-4-3-5-7-10)18-13-8-12(15)19-14-16-9-17-20(13)14/h3-9,11,18H,2H2,1H3. The molecule has 1 unspecified atom stereocenters. The summed E-state index contributed by atoms with van der Waals surface area (Å²) in [4.78, 5) is 8.18. The Labute approximate surface area is 121 Å². The van der Waals surface area contributed by atoms with Gasteiger partial charge in [0.1, 0.15) is 17.3 Å². The number of rotatable bonds is 4. The molecule has 3 rings (SSSR count).